The van der Waals surface area contributed by atoms with Gasteiger partial charge in [-0.15, -0.1) is 0 Å². The van der Waals surface area contributed by atoms with Gasteiger partial charge in [-0.25, -0.2) is 4.79 Å². The third kappa shape index (κ3) is 5.85. The largest absolute Gasteiger partial charge is 0.480 e. The van der Waals surface area contributed by atoms with E-state index in [0.29, 0.717) is 18.5 Å². The zero-order valence-corrected chi connectivity index (χ0v) is 17.5. The van der Waals surface area contributed by atoms with Crippen molar-refractivity contribution in [1.82, 2.24) is 5.32 Å². The van der Waals surface area contributed by atoms with Crippen LogP contribution in [0.4, 0.5) is 0 Å². The lowest BCUT2D eigenvalue weighted by atomic mass is 10.1. The lowest BCUT2D eigenvalue weighted by molar-refractivity contribution is -0.139. The fourth-order valence-electron chi connectivity index (χ4n) is 2.58. The Balaban J connectivity index is 2.18. The van der Waals surface area contributed by atoms with Crippen LogP contribution in [0.1, 0.15) is 31.2 Å². The normalized spacial score (nSPS) is 14.8. The Labute approximate surface area is 172 Å². The molecule has 0 unspecified atom stereocenters. The Hall–Kier alpha value is -1.35. The van der Waals surface area contributed by atoms with Crippen molar-refractivity contribution < 1.29 is 19.4 Å². The third-order valence-corrected chi connectivity index (χ3v) is 5.33. The van der Waals surface area contributed by atoms with Crippen molar-refractivity contribution in [3.63, 3.8) is 0 Å². The van der Waals surface area contributed by atoms with Gasteiger partial charge in [0, 0.05) is 6.04 Å². The number of nitrogens with zero attached hydrogens (tertiary/aromatic N) is 1. The predicted molar refractivity (Wildman–Crippen MR) is 109 cm³/mol. The zero-order valence-electron chi connectivity index (χ0n) is 13.2. The first-order chi connectivity index (χ1) is 11.9. The Bertz CT molecular complexity index is 727. The topological polar surface area (TPSA) is 99.4 Å². The highest BCUT2D eigenvalue weighted by molar-refractivity contribution is 14.1. The fraction of sp³-hybridized carbons (Fsp3) is 0.353. The van der Waals surface area contributed by atoms with Crippen LogP contribution in [0, 0.1) is 18.5 Å². The van der Waals surface area contributed by atoms with Gasteiger partial charge in [-0.1, -0.05) is 12.8 Å². The Morgan fingerprint density at radius 3 is 2.44 bits per heavy atom. The molecule has 1 aliphatic rings. The van der Waals surface area contributed by atoms with Crippen LogP contribution >= 0.6 is 45.2 Å². The number of carbonyl (C=O) groups is 2. The van der Waals surface area contributed by atoms with E-state index in [1.165, 1.54) is 6.08 Å². The average molecular weight is 566 g/mol. The van der Waals surface area contributed by atoms with Crippen LogP contribution in [0.3, 0.4) is 0 Å². The van der Waals surface area contributed by atoms with Gasteiger partial charge in [-0.2, -0.15) is 5.26 Å². The maximum absolute atomic E-state index is 12.3. The lowest BCUT2D eigenvalue weighted by Crippen LogP contribution is -2.33. The fourth-order valence-corrected chi connectivity index (χ4v) is 4.71. The molecule has 0 aliphatic heterocycles. The molecule has 1 aliphatic carbocycles. The van der Waals surface area contributed by atoms with Gasteiger partial charge in [0.05, 0.1) is 7.14 Å². The Kier molecular flexibility index (Phi) is 7.49. The summed E-state index contributed by atoms with van der Waals surface area (Å²) in [4.78, 5) is 22.9. The summed E-state index contributed by atoms with van der Waals surface area (Å²) in [5.41, 5.74) is 0.743. The highest BCUT2D eigenvalue weighted by atomic mass is 127. The second-order valence-corrected chi connectivity index (χ2v) is 7.95. The SMILES string of the molecule is N#C/C(=C/c1cc(I)c(OCC(=O)O)c(I)c1)C(=O)NC1CCCC1. The van der Waals surface area contributed by atoms with Crippen molar-refractivity contribution in [3.05, 3.63) is 30.4 Å². The van der Waals surface area contributed by atoms with Gasteiger partial charge in [-0.05, 0) is 81.8 Å². The van der Waals surface area contributed by atoms with Gasteiger partial charge in [0.1, 0.15) is 17.4 Å². The predicted octanol–water partition coefficient (Wildman–Crippen LogP) is 3.32. The van der Waals surface area contributed by atoms with E-state index in [0.717, 1.165) is 25.7 Å². The highest BCUT2D eigenvalue weighted by Gasteiger charge is 2.19. The van der Waals surface area contributed by atoms with E-state index in [9.17, 15) is 14.9 Å². The summed E-state index contributed by atoms with van der Waals surface area (Å²) in [5, 5.41) is 20.9. The minimum atomic E-state index is -1.05. The third-order valence-electron chi connectivity index (χ3n) is 3.73. The lowest BCUT2D eigenvalue weighted by Gasteiger charge is -2.12. The first-order valence-corrected chi connectivity index (χ1v) is 9.82. The van der Waals surface area contributed by atoms with Gasteiger partial charge in [0.25, 0.3) is 5.91 Å². The standard InChI is InChI=1S/C17H16I2N2O4/c18-13-6-10(7-14(19)16(13)25-9-15(22)23)5-11(8-20)17(24)21-12-3-1-2-4-12/h5-7,12H,1-4,9H2,(H,21,24)(H,22,23)/b11-5-. The van der Waals surface area contributed by atoms with E-state index in [1.807, 2.05) is 51.3 Å². The molecular weight excluding hydrogens is 550 g/mol. The minimum Gasteiger partial charge on any atom is -0.480 e. The van der Waals surface area contributed by atoms with Gasteiger partial charge >= 0.3 is 5.97 Å². The smallest absolute Gasteiger partial charge is 0.341 e. The Morgan fingerprint density at radius 1 is 1.32 bits per heavy atom. The van der Waals surface area contributed by atoms with Crippen LogP contribution in [-0.4, -0.2) is 29.6 Å². The first kappa shape index (κ1) is 20.0. The molecule has 1 aromatic carbocycles. The molecule has 0 saturated heterocycles. The molecule has 0 bridgehead atoms. The van der Waals surface area contributed by atoms with Crippen LogP contribution < -0.4 is 10.1 Å². The molecule has 0 heterocycles. The molecule has 2 N–H and O–H groups in total. The van der Waals surface area contributed by atoms with E-state index >= 15 is 0 Å². The molecule has 0 atom stereocenters. The van der Waals surface area contributed by atoms with Crippen LogP contribution in [0.5, 0.6) is 5.75 Å². The molecule has 6 nitrogen and oxygen atoms in total. The number of hydrogen-bond acceptors (Lipinski definition) is 4. The van der Waals surface area contributed by atoms with Crippen LogP contribution in [0.2, 0.25) is 0 Å². The number of amides is 1. The molecule has 1 aromatic rings. The minimum absolute atomic E-state index is 0.0534. The molecule has 2 rings (SSSR count). The van der Waals surface area contributed by atoms with Gasteiger partial charge in [-0.3, -0.25) is 4.79 Å². The number of nitriles is 1. The van der Waals surface area contributed by atoms with Crippen molar-refractivity contribution in [2.75, 3.05) is 6.61 Å². The van der Waals surface area contributed by atoms with Crippen molar-refractivity contribution in [3.8, 4) is 11.8 Å². The van der Waals surface area contributed by atoms with Gasteiger partial charge in [0.15, 0.2) is 6.61 Å². The number of benzene rings is 1. The molecule has 0 aromatic heterocycles. The number of halogens is 2. The molecule has 132 valence electrons. The van der Waals surface area contributed by atoms with E-state index in [1.54, 1.807) is 12.1 Å². The van der Waals surface area contributed by atoms with E-state index < -0.39 is 12.6 Å². The van der Waals surface area contributed by atoms with Crippen molar-refractivity contribution in [1.29, 1.82) is 5.26 Å². The molecule has 1 saturated carbocycles. The molecule has 0 radical (unpaired) electrons. The summed E-state index contributed by atoms with van der Waals surface area (Å²) in [6, 6.07) is 5.60. The van der Waals surface area contributed by atoms with Gasteiger partial charge < -0.3 is 15.2 Å². The maximum atomic E-state index is 12.3. The highest BCUT2D eigenvalue weighted by Crippen LogP contribution is 2.30. The quantitative estimate of drug-likeness (QED) is 0.313. The first-order valence-electron chi connectivity index (χ1n) is 7.67. The summed E-state index contributed by atoms with van der Waals surface area (Å²) in [5.74, 6) is -0.925. The number of carboxylic acid groups (broad SMARTS) is 1. The van der Waals surface area contributed by atoms with E-state index in [4.69, 9.17) is 9.84 Å². The summed E-state index contributed by atoms with van der Waals surface area (Å²) in [7, 11) is 0. The van der Waals surface area contributed by atoms with Crippen LogP contribution in [0.15, 0.2) is 17.7 Å². The number of aliphatic carboxylic acids is 1. The number of ether oxygens (including phenoxy) is 1. The summed E-state index contributed by atoms with van der Waals surface area (Å²) < 4.78 is 6.70. The summed E-state index contributed by atoms with van der Waals surface area (Å²) in [6.45, 7) is -0.422. The molecule has 0 spiro atoms. The van der Waals surface area contributed by atoms with E-state index in [2.05, 4.69) is 5.32 Å². The molecule has 1 fully saturated rings. The summed E-state index contributed by atoms with van der Waals surface area (Å²) >= 11 is 4.08. The van der Waals surface area contributed by atoms with E-state index in [-0.39, 0.29) is 17.5 Å². The number of nitrogens with one attached hydrogen (secondary N) is 1. The van der Waals surface area contributed by atoms with Gasteiger partial charge in [0.2, 0.25) is 0 Å². The molecular formula is C17H16I2N2O4. The summed E-state index contributed by atoms with van der Waals surface area (Å²) in [6.07, 6.45) is 5.65. The second kappa shape index (κ2) is 9.38. The number of carboxylic acids is 1. The van der Waals surface area contributed by atoms with Crippen molar-refractivity contribution >= 4 is 63.1 Å². The molecule has 1 amide bonds. The van der Waals surface area contributed by atoms with Crippen molar-refractivity contribution in [2.45, 2.75) is 31.7 Å². The van der Waals surface area contributed by atoms with Crippen LogP contribution in [-0.2, 0) is 9.59 Å². The zero-order chi connectivity index (χ0) is 18.4. The number of rotatable bonds is 6. The monoisotopic (exact) mass is 566 g/mol. The van der Waals surface area contributed by atoms with Crippen LogP contribution in [0.25, 0.3) is 6.08 Å². The number of carbonyl (C=O) groups excluding carboxylic acids is 1. The van der Waals surface area contributed by atoms with Crippen molar-refractivity contribution in [2.24, 2.45) is 0 Å². The molecule has 25 heavy (non-hydrogen) atoms. The average Bonchev–Trinajstić information content (AvgIpc) is 3.04. The second-order valence-electron chi connectivity index (χ2n) is 5.62. The Morgan fingerprint density at radius 2 is 1.92 bits per heavy atom. The maximum Gasteiger partial charge on any atom is 0.341 e. The molecule has 8 heteroatoms. The number of hydrogen-bond donors (Lipinski definition) is 2.